The summed E-state index contributed by atoms with van der Waals surface area (Å²) in [5.74, 6) is -6.39. The molecule has 14 heteroatoms. The number of nitrogens with one attached hydrogen (secondary N) is 3. The first kappa shape index (κ1) is 28.4. The summed E-state index contributed by atoms with van der Waals surface area (Å²) in [7, 11) is 0. The highest BCUT2D eigenvalue weighted by Crippen LogP contribution is 2.04. The van der Waals surface area contributed by atoms with E-state index in [0.29, 0.717) is 0 Å². The zero-order valence-corrected chi connectivity index (χ0v) is 19.0. The van der Waals surface area contributed by atoms with Crippen LogP contribution in [0.3, 0.4) is 0 Å². The smallest absolute Gasteiger partial charge is 0.327 e. The van der Waals surface area contributed by atoms with E-state index in [1.165, 1.54) is 0 Å². The second-order valence-corrected chi connectivity index (χ2v) is 7.71. The Bertz CT molecular complexity index is 914. The lowest BCUT2D eigenvalue weighted by Gasteiger charge is -2.24. The van der Waals surface area contributed by atoms with Crippen LogP contribution in [0.2, 0.25) is 0 Å². The number of carbonyl (C=O) groups excluding carboxylic acids is 5. The van der Waals surface area contributed by atoms with Gasteiger partial charge in [0.2, 0.25) is 29.5 Å². The van der Waals surface area contributed by atoms with Gasteiger partial charge >= 0.3 is 5.97 Å². The lowest BCUT2D eigenvalue weighted by molar-refractivity contribution is -0.142. The van der Waals surface area contributed by atoms with Gasteiger partial charge in [0.15, 0.2) is 0 Å². The minimum absolute atomic E-state index is 0.143. The topological polar surface area (TPSA) is 237 Å². The third kappa shape index (κ3) is 9.87. The zero-order chi connectivity index (χ0) is 25.8. The van der Waals surface area contributed by atoms with Gasteiger partial charge in [0.1, 0.15) is 18.1 Å². The number of nitrogens with two attached hydrogens (primary N) is 3. The molecule has 0 aromatic heterocycles. The molecule has 1 aromatic carbocycles. The Kier molecular flexibility index (Phi) is 11.5. The number of hydrogen-bond donors (Lipinski definition) is 8. The maximum atomic E-state index is 12.7. The normalized spacial score (nSPS) is 14.1. The van der Waals surface area contributed by atoms with Crippen LogP contribution in [0.4, 0.5) is 0 Å². The Balaban J connectivity index is 2.94. The highest BCUT2D eigenvalue weighted by atomic mass is 32.1. The Hall–Kier alpha value is -3.65. The summed E-state index contributed by atoms with van der Waals surface area (Å²) >= 11 is 3.82. The van der Waals surface area contributed by atoms with Gasteiger partial charge in [-0.15, -0.1) is 0 Å². The van der Waals surface area contributed by atoms with Gasteiger partial charge in [0.05, 0.1) is 18.9 Å². The molecule has 0 heterocycles. The lowest BCUT2D eigenvalue weighted by Crippen LogP contribution is -2.58. The van der Waals surface area contributed by atoms with Gasteiger partial charge in [0.25, 0.3) is 0 Å². The molecular formula is C20H28N6O7S. The molecule has 0 aliphatic rings. The second kappa shape index (κ2) is 13.8. The molecule has 0 radical (unpaired) electrons. The molecule has 10 N–H and O–H groups in total. The Morgan fingerprint density at radius 2 is 1.24 bits per heavy atom. The maximum Gasteiger partial charge on any atom is 0.327 e. The van der Waals surface area contributed by atoms with Crippen molar-refractivity contribution in [3.05, 3.63) is 35.9 Å². The van der Waals surface area contributed by atoms with E-state index < -0.39 is 72.5 Å². The monoisotopic (exact) mass is 496 g/mol. The predicted molar refractivity (Wildman–Crippen MR) is 123 cm³/mol. The molecule has 4 unspecified atom stereocenters. The first-order valence-electron chi connectivity index (χ1n) is 10.1. The van der Waals surface area contributed by atoms with E-state index in [9.17, 15) is 28.8 Å². The number of benzene rings is 1. The van der Waals surface area contributed by atoms with Crippen molar-refractivity contribution in [2.45, 2.75) is 43.4 Å². The highest BCUT2D eigenvalue weighted by Gasteiger charge is 2.31. The summed E-state index contributed by atoms with van der Waals surface area (Å²) in [5.41, 5.74) is 16.9. The average Bonchev–Trinajstić information content (AvgIpc) is 2.75. The van der Waals surface area contributed by atoms with Crippen molar-refractivity contribution in [2.75, 3.05) is 5.75 Å². The van der Waals surface area contributed by atoms with E-state index in [0.717, 1.165) is 5.56 Å². The maximum absolute atomic E-state index is 12.7. The van der Waals surface area contributed by atoms with Crippen LogP contribution in [-0.4, -0.2) is 70.5 Å². The van der Waals surface area contributed by atoms with E-state index in [1.54, 1.807) is 30.3 Å². The summed E-state index contributed by atoms with van der Waals surface area (Å²) in [5, 5.41) is 15.7. The second-order valence-electron chi connectivity index (χ2n) is 7.34. The molecule has 34 heavy (non-hydrogen) atoms. The van der Waals surface area contributed by atoms with Crippen LogP contribution in [0.15, 0.2) is 30.3 Å². The summed E-state index contributed by atoms with van der Waals surface area (Å²) in [6.45, 7) is 0. The number of aliphatic carboxylic acids is 1. The number of amides is 5. The van der Waals surface area contributed by atoms with Crippen LogP contribution in [0.25, 0.3) is 0 Å². The van der Waals surface area contributed by atoms with Gasteiger partial charge < -0.3 is 38.3 Å². The van der Waals surface area contributed by atoms with Crippen molar-refractivity contribution in [2.24, 2.45) is 17.2 Å². The van der Waals surface area contributed by atoms with Crippen molar-refractivity contribution in [1.29, 1.82) is 0 Å². The quantitative estimate of drug-likeness (QED) is 0.122. The van der Waals surface area contributed by atoms with Gasteiger partial charge in [0, 0.05) is 5.75 Å². The Labute approximate surface area is 200 Å². The number of rotatable bonds is 14. The number of thiol groups is 1. The van der Waals surface area contributed by atoms with Crippen molar-refractivity contribution < 1.29 is 33.9 Å². The third-order valence-electron chi connectivity index (χ3n) is 4.51. The zero-order valence-electron chi connectivity index (χ0n) is 18.1. The molecule has 0 fully saturated rings. The van der Waals surface area contributed by atoms with Crippen LogP contribution in [-0.2, 0) is 35.2 Å². The van der Waals surface area contributed by atoms with Crippen LogP contribution in [0.1, 0.15) is 18.4 Å². The molecule has 186 valence electrons. The standard InChI is InChI=1S/C20H28N6O7S/c21-11(6-10-4-2-1-3-5-10)17(29)24-12(7-15(22)27)18(30)25-13(8-16(23)28)19(31)26-14(9-34)20(32)33/h1-5,11-14,34H,6-9,21H2,(H2,22,27)(H2,23,28)(H,24,29)(H,25,30)(H,26,31)(H,32,33). The molecule has 0 saturated heterocycles. The molecule has 0 aliphatic carbocycles. The van der Waals surface area contributed by atoms with E-state index >= 15 is 0 Å². The molecule has 0 saturated carbocycles. The minimum atomic E-state index is -1.59. The number of carboxylic acids is 1. The van der Waals surface area contributed by atoms with Crippen LogP contribution < -0.4 is 33.2 Å². The van der Waals surface area contributed by atoms with E-state index in [1.807, 2.05) is 0 Å². The number of carbonyl (C=O) groups is 6. The molecule has 1 rings (SSSR count). The predicted octanol–water partition coefficient (Wildman–Crippen LogP) is -3.22. The molecule has 0 aliphatic heterocycles. The fourth-order valence-electron chi connectivity index (χ4n) is 2.79. The summed E-state index contributed by atoms with van der Waals surface area (Å²) in [4.78, 5) is 71.6. The molecular weight excluding hydrogens is 468 g/mol. The molecule has 4 atom stereocenters. The van der Waals surface area contributed by atoms with Crippen molar-refractivity contribution >= 4 is 48.1 Å². The van der Waals surface area contributed by atoms with Crippen molar-refractivity contribution in [3.63, 3.8) is 0 Å². The molecule has 5 amide bonds. The SMILES string of the molecule is NC(=O)CC(NC(=O)C(N)Cc1ccccc1)C(=O)NC(CC(N)=O)C(=O)NC(CS)C(=O)O. The highest BCUT2D eigenvalue weighted by molar-refractivity contribution is 7.80. The first-order valence-corrected chi connectivity index (χ1v) is 10.7. The molecule has 0 bridgehead atoms. The van der Waals surface area contributed by atoms with Gasteiger partial charge in [-0.05, 0) is 12.0 Å². The van der Waals surface area contributed by atoms with E-state index in [-0.39, 0.29) is 12.2 Å². The fourth-order valence-corrected chi connectivity index (χ4v) is 3.04. The molecule has 13 nitrogen and oxygen atoms in total. The largest absolute Gasteiger partial charge is 0.480 e. The van der Waals surface area contributed by atoms with E-state index in [2.05, 4.69) is 28.6 Å². The summed E-state index contributed by atoms with van der Waals surface area (Å²) in [6.07, 6.45) is -1.17. The van der Waals surface area contributed by atoms with Gasteiger partial charge in [-0.25, -0.2) is 4.79 Å². The van der Waals surface area contributed by atoms with E-state index in [4.69, 9.17) is 22.3 Å². The lowest BCUT2D eigenvalue weighted by atomic mass is 10.0. The Morgan fingerprint density at radius 3 is 1.65 bits per heavy atom. The Morgan fingerprint density at radius 1 is 0.794 bits per heavy atom. The molecule has 1 aromatic rings. The van der Waals surface area contributed by atoms with Crippen LogP contribution >= 0.6 is 12.6 Å². The van der Waals surface area contributed by atoms with Crippen LogP contribution in [0.5, 0.6) is 0 Å². The van der Waals surface area contributed by atoms with Gasteiger partial charge in [-0.1, -0.05) is 30.3 Å². The number of carboxylic acid groups (broad SMARTS) is 1. The third-order valence-corrected chi connectivity index (χ3v) is 4.87. The average molecular weight is 497 g/mol. The number of primary amides is 2. The summed E-state index contributed by atoms with van der Waals surface area (Å²) < 4.78 is 0. The van der Waals surface area contributed by atoms with Crippen LogP contribution in [0, 0.1) is 0 Å². The van der Waals surface area contributed by atoms with Gasteiger partial charge in [-0.2, -0.15) is 12.6 Å². The fraction of sp³-hybridized carbons (Fsp3) is 0.400. The molecule has 0 spiro atoms. The van der Waals surface area contributed by atoms with Crippen molar-refractivity contribution in [3.8, 4) is 0 Å². The van der Waals surface area contributed by atoms with Gasteiger partial charge in [-0.3, -0.25) is 24.0 Å². The number of hydrogen-bond acceptors (Lipinski definition) is 8. The van der Waals surface area contributed by atoms with Crippen molar-refractivity contribution in [1.82, 2.24) is 16.0 Å². The minimum Gasteiger partial charge on any atom is -0.480 e. The summed E-state index contributed by atoms with van der Waals surface area (Å²) in [6, 6.07) is 3.24. The first-order chi connectivity index (χ1) is 15.9.